The summed E-state index contributed by atoms with van der Waals surface area (Å²) in [5, 5.41) is 2.74. The lowest BCUT2D eigenvalue weighted by Crippen LogP contribution is -2.37. The van der Waals surface area contributed by atoms with Crippen molar-refractivity contribution in [1.29, 1.82) is 0 Å². The van der Waals surface area contributed by atoms with Gasteiger partial charge in [-0.1, -0.05) is 12.2 Å². The predicted octanol–water partition coefficient (Wildman–Crippen LogP) is -0.00940. The van der Waals surface area contributed by atoms with E-state index in [4.69, 9.17) is 18.0 Å². The molecule has 1 aromatic heterocycles. The number of rotatable bonds is 5. The van der Waals surface area contributed by atoms with Crippen LogP contribution in [0.2, 0.25) is 0 Å². The van der Waals surface area contributed by atoms with Crippen LogP contribution in [0.4, 0.5) is 0 Å². The lowest BCUT2D eigenvalue weighted by molar-refractivity contribution is -0.122. The van der Waals surface area contributed by atoms with Gasteiger partial charge in [0.2, 0.25) is 5.91 Å². The van der Waals surface area contributed by atoms with Crippen molar-refractivity contribution in [3.05, 3.63) is 18.2 Å². The Hall–Kier alpha value is -1.43. The molecule has 0 aliphatic carbocycles. The summed E-state index contributed by atoms with van der Waals surface area (Å²) in [6.45, 7) is 2.21. The highest BCUT2D eigenvalue weighted by atomic mass is 32.1. The van der Waals surface area contributed by atoms with E-state index in [1.807, 2.05) is 0 Å². The number of aromatic nitrogens is 2. The van der Waals surface area contributed by atoms with E-state index in [2.05, 4.69) is 15.3 Å². The van der Waals surface area contributed by atoms with Crippen LogP contribution in [0, 0.1) is 5.92 Å². The van der Waals surface area contributed by atoms with E-state index in [0.717, 1.165) is 5.82 Å². The largest absolute Gasteiger partial charge is 0.393 e. The molecule has 1 amide bonds. The lowest BCUT2D eigenvalue weighted by atomic mass is 10.1. The zero-order chi connectivity index (χ0) is 11.3. The Kier molecular flexibility index (Phi) is 4.23. The van der Waals surface area contributed by atoms with Gasteiger partial charge >= 0.3 is 0 Å². The maximum Gasteiger partial charge on any atom is 0.229 e. The van der Waals surface area contributed by atoms with E-state index in [1.54, 1.807) is 19.3 Å². The summed E-state index contributed by atoms with van der Waals surface area (Å²) in [6.07, 6.45) is 4.09. The van der Waals surface area contributed by atoms with Gasteiger partial charge in [0.1, 0.15) is 5.82 Å². The molecule has 5 nitrogen and oxygen atoms in total. The van der Waals surface area contributed by atoms with Crippen LogP contribution in [0.15, 0.2) is 12.4 Å². The lowest BCUT2D eigenvalue weighted by Gasteiger charge is -2.09. The Labute approximate surface area is 93.5 Å². The summed E-state index contributed by atoms with van der Waals surface area (Å²) in [5.41, 5.74) is 5.36. The van der Waals surface area contributed by atoms with Gasteiger partial charge in [-0.3, -0.25) is 4.79 Å². The van der Waals surface area contributed by atoms with Crippen molar-refractivity contribution in [3.8, 4) is 0 Å². The molecule has 82 valence electrons. The Bertz CT molecular complexity index is 336. The van der Waals surface area contributed by atoms with Crippen LogP contribution in [0.3, 0.4) is 0 Å². The normalized spacial score (nSPS) is 12.1. The fraction of sp³-hybridized carbons (Fsp3) is 0.444. The third-order valence-electron chi connectivity index (χ3n) is 2.04. The predicted molar refractivity (Wildman–Crippen MR) is 61.3 cm³/mol. The highest BCUT2D eigenvalue weighted by molar-refractivity contribution is 7.80. The standard InChI is InChI=1S/C9H14N4OS/c1-6(8(10)15)9(14)13-3-2-7-11-4-5-12-7/h4-6H,2-3H2,1H3,(H2,10,15)(H,11,12)(H,13,14). The molecule has 0 aliphatic rings. The number of imidazole rings is 1. The van der Waals surface area contributed by atoms with E-state index in [1.165, 1.54) is 0 Å². The molecule has 0 bridgehead atoms. The highest BCUT2D eigenvalue weighted by Gasteiger charge is 2.14. The first-order valence-electron chi connectivity index (χ1n) is 4.66. The fourth-order valence-corrected chi connectivity index (χ4v) is 1.13. The summed E-state index contributed by atoms with van der Waals surface area (Å²) in [5.74, 6) is 0.281. The number of nitrogens with one attached hydrogen (secondary N) is 2. The molecule has 1 unspecified atom stereocenters. The zero-order valence-corrected chi connectivity index (χ0v) is 9.30. The molecule has 0 aromatic carbocycles. The van der Waals surface area contributed by atoms with Gasteiger partial charge in [-0.05, 0) is 6.92 Å². The van der Waals surface area contributed by atoms with Gasteiger partial charge < -0.3 is 16.0 Å². The summed E-state index contributed by atoms with van der Waals surface area (Å²) < 4.78 is 0. The number of nitrogens with two attached hydrogens (primary N) is 1. The average Bonchev–Trinajstić information content (AvgIpc) is 2.69. The second-order valence-electron chi connectivity index (χ2n) is 3.20. The van der Waals surface area contributed by atoms with Crippen molar-refractivity contribution in [2.45, 2.75) is 13.3 Å². The van der Waals surface area contributed by atoms with Gasteiger partial charge in [-0.2, -0.15) is 0 Å². The summed E-state index contributed by atoms with van der Waals surface area (Å²) >= 11 is 4.72. The van der Waals surface area contributed by atoms with E-state index in [0.29, 0.717) is 13.0 Å². The van der Waals surface area contributed by atoms with Crippen molar-refractivity contribution in [2.75, 3.05) is 6.54 Å². The molecule has 4 N–H and O–H groups in total. The monoisotopic (exact) mass is 226 g/mol. The van der Waals surface area contributed by atoms with Gasteiger partial charge in [-0.15, -0.1) is 0 Å². The Morgan fingerprint density at radius 1 is 1.80 bits per heavy atom. The van der Waals surface area contributed by atoms with Gasteiger partial charge in [0, 0.05) is 25.4 Å². The van der Waals surface area contributed by atoms with Gasteiger partial charge in [0.05, 0.1) is 10.9 Å². The number of aromatic amines is 1. The van der Waals surface area contributed by atoms with E-state index < -0.39 is 5.92 Å². The van der Waals surface area contributed by atoms with Gasteiger partial charge in [-0.25, -0.2) is 4.98 Å². The van der Waals surface area contributed by atoms with E-state index in [-0.39, 0.29) is 10.9 Å². The SMILES string of the molecule is CC(C(=O)NCCc1ncc[nH]1)C(N)=S. The van der Waals surface area contributed by atoms with Crippen LogP contribution in [-0.2, 0) is 11.2 Å². The Morgan fingerprint density at radius 2 is 2.53 bits per heavy atom. The number of H-pyrrole nitrogens is 1. The molecule has 0 saturated carbocycles. The molecular formula is C9H14N4OS. The molecule has 1 rings (SSSR count). The second-order valence-corrected chi connectivity index (χ2v) is 3.67. The van der Waals surface area contributed by atoms with E-state index in [9.17, 15) is 4.79 Å². The van der Waals surface area contributed by atoms with Crippen LogP contribution >= 0.6 is 12.2 Å². The molecule has 0 radical (unpaired) electrons. The van der Waals surface area contributed by atoms with E-state index >= 15 is 0 Å². The fourth-order valence-electron chi connectivity index (χ4n) is 1.02. The topological polar surface area (TPSA) is 83.8 Å². The molecule has 15 heavy (non-hydrogen) atoms. The Balaban J connectivity index is 2.26. The first-order chi connectivity index (χ1) is 7.11. The minimum atomic E-state index is -0.420. The molecular weight excluding hydrogens is 212 g/mol. The highest BCUT2D eigenvalue weighted by Crippen LogP contribution is 1.95. The molecule has 1 heterocycles. The van der Waals surface area contributed by atoms with Crippen molar-refractivity contribution in [2.24, 2.45) is 11.7 Å². The molecule has 1 aromatic rings. The molecule has 1 atom stereocenters. The van der Waals surface area contributed by atoms with Crippen molar-refractivity contribution in [1.82, 2.24) is 15.3 Å². The number of carbonyl (C=O) groups excluding carboxylic acids is 1. The first kappa shape index (κ1) is 11.6. The number of thiocarbonyl (C=S) groups is 1. The summed E-state index contributed by atoms with van der Waals surface area (Å²) in [6, 6.07) is 0. The number of carbonyl (C=O) groups is 1. The van der Waals surface area contributed by atoms with Crippen LogP contribution in [-0.4, -0.2) is 27.4 Å². The summed E-state index contributed by atoms with van der Waals surface area (Å²) in [4.78, 5) is 18.6. The Morgan fingerprint density at radius 3 is 3.07 bits per heavy atom. The maximum absolute atomic E-state index is 11.4. The average molecular weight is 226 g/mol. The van der Waals surface area contributed by atoms with Gasteiger partial charge in [0.25, 0.3) is 0 Å². The molecule has 6 heteroatoms. The van der Waals surface area contributed by atoms with Gasteiger partial charge in [0.15, 0.2) is 0 Å². The number of nitrogens with zero attached hydrogens (tertiary/aromatic N) is 1. The molecule has 0 saturated heterocycles. The molecule has 0 aliphatic heterocycles. The quantitative estimate of drug-likeness (QED) is 0.617. The maximum atomic E-state index is 11.4. The van der Waals surface area contributed by atoms with Crippen LogP contribution in [0.5, 0.6) is 0 Å². The molecule has 0 fully saturated rings. The number of hydrogen-bond donors (Lipinski definition) is 3. The first-order valence-corrected chi connectivity index (χ1v) is 5.07. The van der Waals surface area contributed by atoms with Crippen molar-refractivity contribution < 1.29 is 4.79 Å². The smallest absolute Gasteiger partial charge is 0.229 e. The minimum absolute atomic E-state index is 0.144. The summed E-state index contributed by atoms with van der Waals surface area (Å²) in [7, 11) is 0. The third kappa shape index (κ3) is 3.67. The number of hydrogen-bond acceptors (Lipinski definition) is 3. The molecule has 0 spiro atoms. The third-order valence-corrected chi connectivity index (χ3v) is 2.39. The zero-order valence-electron chi connectivity index (χ0n) is 8.49. The number of amides is 1. The van der Waals surface area contributed by atoms with Crippen molar-refractivity contribution in [3.63, 3.8) is 0 Å². The van der Waals surface area contributed by atoms with Crippen LogP contribution in [0.25, 0.3) is 0 Å². The second kappa shape index (κ2) is 5.45. The minimum Gasteiger partial charge on any atom is -0.393 e. The van der Waals surface area contributed by atoms with Crippen molar-refractivity contribution >= 4 is 23.1 Å². The van der Waals surface area contributed by atoms with Crippen LogP contribution < -0.4 is 11.1 Å². The van der Waals surface area contributed by atoms with Crippen LogP contribution in [0.1, 0.15) is 12.7 Å².